The summed E-state index contributed by atoms with van der Waals surface area (Å²) in [5.41, 5.74) is 3.45. The molecular formula is C21H22N4O4S. The summed E-state index contributed by atoms with van der Waals surface area (Å²) in [7, 11) is 1.59. The molecule has 8 nitrogen and oxygen atoms in total. The SMILES string of the molecule is COc1ccc(-c2nnc(SCC(=O)NCC(=O)Nc3c(C)cccc3C)o2)cc1. The van der Waals surface area contributed by atoms with Crippen molar-refractivity contribution in [2.75, 3.05) is 24.7 Å². The minimum atomic E-state index is -0.305. The number of methoxy groups -OCH3 is 1. The molecule has 0 aliphatic carbocycles. The molecule has 2 N–H and O–H groups in total. The van der Waals surface area contributed by atoms with Gasteiger partial charge in [0, 0.05) is 11.3 Å². The molecule has 0 unspecified atom stereocenters. The molecule has 0 spiro atoms. The first-order chi connectivity index (χ1) is 14.5. The van der Waals surface area contributed by atoms with Crippen molar-refractivity contribution in [2.24, 2.45) is 0 Å². The Morgan fingerprint density at radius 2 is 1.73 bits per heavy atom. The third-order valence-corrected chi connectivity index (χ3v) is 5.08. The van der Waals surface area contributed by atoms with E-state index in [-0.39, 0.29) is 29.3 Å². The lowest BCUT2D eigenvalue weighted by atomic mass is 10.1. The molecule has 2 aromatic carbocycles. The van der Waals surface area contributed by atoms with Crippen LogP contribution in [0.15, 0.2) is 52.1 Å². The summed E-state index contributed by atoms with van der Waals surface area (Å²) < 4.78 is 10.7. The normalized spacial score (nSPS) is 10.5. The first-order valence-corrected chi connectivity index (χ1v) is 10.2. The van der Waals surface area contributed by atoms with Crippen LogP contribution in [-0.2, 0) is 9.59 Å². The lowest BCUT2D eigenvalue weighted by Gasteiger charge is -2.11. The Morgan fingerprint density at radius 3 is 2.40 bits per heavy atom. The first-order valence-electron chi connectivity index (χ1n) is 9.19. The summed E-state index contributed by atoms with van der Waals surface area (Å²) in [6.45, 7) is 3.72. The number of nitrogens with zero attached hydrogens (tertiary/aromatic N) is 2. The van der Waals surface area contributed by atoms with E-state index in [9.17, 15) is 9.59 Å². The lowest BCUT2D eigenvalue weighted by Crippen LogP contribution is -2.34. The fraction of sp³-hybridized carbons (Fsp3) is 0.238. The van der Waals surface area contributed by atoms with E-state index in [1.807, 2.05) is 44.2 Å². The molecule has 0 aliphatic rings. The van der Waals surface area contributed by atoms with E-state index >= 15 is 0 Å². The van der Waals surface area contributed by atoms with Crippen molar-refractivity contribution in [1.29, 1.82) is 0 Å². The highest BCUT2D eigenvalue weighted by Crippen LogP contribution is 2.24. The van der Waals surface area contributed by atoms with Crippen molar-refractivity contribution in [2.45, 2.75) is 19.1 Å². The molecule has 156 valence electrons. The van der Waals surface area contributed by atoms with Crippen LogP contribution in [0, 0.1) is 13.8 Å². The third-order valence-electron chi connectivity index (χ3n) is 4.26. The summed E-state index contributed by atoms with van der Waals surface area (Å²) in [4.78, 5) is 24.2. The zero-order valence-electron chi connectivity index (χ0n) is 16.9. The molecule has 0 atom stereocenters. The van der Waals surface area contributed by atoms with Gasteiger partial charge in [0.2, 0.25) is 17.7 Å². The standard InChI is InChI=1S/C21H22N4O4S/c1-13-5-4-6-14(2)19(13)23-17(26)11-22-18(27)12-30-21-25-24-20(29-21)15-7-9-16(28-3)10-8-15/h4-10H,11-12H2,1-3H3,(H,22,27)(H,23,26). The van der Waals surface area contributed by atoms with Gasteiger partial charge in [0.25, 0.3) is 5.22 Å². The van der Waals surface area contributed by atoms with Gasteiger partial charge in [0.15, 0.2) is 0 Å². The zero-order chi connectivity index (χ0) is 21.5. The van der Waals surface area contributed by atoms with E-state index in [2.05, 4.69) is 20.8 Å². The molecule has 9 heteroatoms. The summed E-state index contributed by atoms with van der Waals surface area (Å²) in [5.74, 6) is 0.548. The first kappa shape index (κ1) is 21.4. The van der Waals surface area contributed by atoms with Crippen LogP contribution in [0.3, 0.4) is 0 Å². The van der Waals surface area contributed by atoms with Crippen LogP contribution in [0.5, 0.6) is 5.75 Å². The van der Waals surface area contributed by atoms with Gasteiger partial charge in [0.1, 0.15) is 5.75 Å². The number of ether oxygens (including phenoxy) is 1. The fourth-order valence-corrected chi connectivity index (χ4v) is 3.26. The minimum absolute atomic E-state index is 0.0565. The lowest BCUT2D eigenvalue weighted by molar-refractivity contribution is -0.122. The van der Waals surface area contributed by atoms with E-state index in [4.69, 9.17) is 9.15 Å². The Labute approximate surface area is 178 Å². The van der Waals surface area contributed by atoms with Crippen molar-refractivity contribution in [3.05, 3.63) is 53.6 Å². The number of hydrogen-bond donors (Lipinski definition) is 2. The molecule has 0 fully saturated rings. The topological polar surface area (TPSA) is 106 Å². The van der Waals surface area contributed by atoms with Gasteiger partial charge in [-0.15, -0.1) is 10.2 Å². The van der Waals surface area contributed by atoms with E-state index in [0.29, 0.717) is 5.89 Å². The van der Waals surface area contributed by atoms with E-state index < -0.39 is 0 Å². The Kier molecular flexibility index (Phi) is 7.08. The molecule has 0 saturated heterocycles. The number of aryl methyl sites for hydroxylation is 2. The average Bonchev–Trinajstić information content (AvgIpc) is 3.22. The molecular weight excluding hydrogens is 404 g/mol. The number of benzene rings is 2. The van der Waals surface area contributed by atoms with Crippen LogP contribution in [0.25, 0.3) is 11.5 Å². The fourth-order valence-electron chi connectivity index (χ4n) is 2.67. The number of thioether (sulfide) groups is 1. The molecule has 0 radical (unpaired) electrons. The van der Waals surface area contributed by atoms with Crippen LogP contribution < -0.4 is 15.4 Å². The predicted octanol–water partition coefficient (Wildman–Crippen LogP) is 3.21. The summed E-state index contributed by atoms with van der Waals surface area (Å²) in [6, 6.07) is 13.0. The monoisotopic (exact) mass is 426 g/mol. The van der Waals surface area contributed by atoms with E-state index in [1.165, 1.54) is 0 Å². The zero-order valence-corrected chi connectivity index (χ0v) is 17.7. The molecule has 30 heavy (non-hydrogen) atoms. The Hall–Kier alpha value is -3.33. The van der Waals surface area contributed by atoms with Crippen LogP contribution in [0.1, 0.15) is 11.1 Å². The highest BCUT2D eigenvalue weighted by molar-refractivity contribution is 7.99. The predicted molar refractivity (Wildman–Crippen MR) is 115 cm³/mol. The number of para-hydroxylation sites is 1. The number of rotatable bonds is 8. The maximum Gasteiger partial charge on any atom is 0.277 e. The van der Waals surface area contributed by atoms with Gasteiger partial charge in [-0.1, -0.05) is 30.0 Å². The van der Waals surface area contributed by atoms with Gasteiger partial charge in [-0.2, -0.15) is 0 Å². The van der Waals surface area contributed by atoms with Crippen molar-refractivity contribution in [3.8, 4) is 17.2 Å². The number of aromatic nitrogens is 2. The Bertz CT molecular complexity index is 1010. The number of anilines is 1. The molecule has 0 bridgehead atoms. The smallest absolute Gasteiger partial charge is 0.277 e. The quantitative estimate of drug-likeness (QED) is 0.533. The van der Waals surface area contributed by atoms with Crippen LogP contribution >= 0.6 is 11.8 Å². The molecule has 1 aromatic heterocycles. The highest BCUT2D eigenvalue weighted by Gasteiger charge is 2.13. The van der Waals surface area contributed by atoms with Gasteiger partial charge in [0.05, 0.1) is 19.4 Å². The van der Waals surface area contributed by atoms with Crippen LogP contribution in [0.2, 0.25) is 0 Å². The molecule has 2 amide bonds. The minimum Gasteiger partial charge on any atom is -0.497 e. The second-order valence-electron chi connectivity index (χ2n) is 6.48. The molecule has 0 saturated carbocycles. The molecule has 3 rings (SSSR count). The Morgan fingerprint density at radius 1 is 1.03 bits per heavy atom. The highest BCUT2D eigenvalue weighted by atomic mass is 32.2. The van der Waals surface area contributed by atoms with Crippen LogP contribution in [-0.4, -0.2) is 41.4 Å². The number of carbonyl (C=O) groups excluding carboxylic acids is 2. The second-order valence-corrected chi connectivity index (χ2v) is 7.41. The molecule has 0 aliphatic heterocycles. The van der Waals surface area contributed by atoms with Gasteiger partial charge in [-0.05, 0) is 49.2 Å². The maximum absolute atomic E-state index is 12.1. The van der Waals surface area contributed by atoms with Crippen molar-refractivity contribution < 1.29 is 18.7 Å². The summed E-state index contributed by atoms with van der Waals surface area (Å²) in [5, 5.41) is 13.6. The average molecular weight is 426 g/mol. The summed E-state index contributed by atoms with van der Waals surface area (Å²) >= 11 is 1.10. The maximum atomic E-state index is 12.1. The van der Waals surface area contributed by atoms with E-state index in [0.717, 1.165) is 39.9 Å². The van der Waals surface area contributed by atoms with Crippen molar-refractivity contribution in [3.63, 3.8) is 0 Å². The van der Waals surface area contributed by atoms with Crippen molar-refractivity contribution >= 4 is 29.3 Å². The number of nitrogens with one attached hydrogen (secondary N) is 2. The number of carbonyl (C=O) groups is 2. The van der Waals surface area contributed by atoms with Crippen molar-refractivity contribution in [1.82, 2.24) is 15.5 Å². The second kappa shape index (κ2) is 9.93. The largest absolute Gasteiger partial charge is 0.497 e. The van der Waals surface area contributed by atoms with Gasteiger partial charge in [-0.25, -0.2) is 0 Å². The third kappa shape index (κ3) is 5.60. The summed E-state index contributed by atoms with van der Waals surface area (Å²) in [6.07, 6.45) is 0. The molecule has 1 heterocycles. The molecule has 3 aromatic rings. The Balaban J connectivity index is 1.45. The van der Waals surface area contributed by atoms with Gasteiger partial charge >= 0.3 is 0 Å². The van der Waals surface area contributed by atoms with E-state index in [1.54, 1.807) is 19.2 Å². The number of hydrogen-bond acceptors (Lipinski definition) is 7. The van der Waals surface area contributed by atoms with Crippen LogP contribution in [0.4, 0.5) is 5.69 Å². The van der Waals surface area contributed by atoms with Gasteiger partial charge in [-0.3, -0.25) is 9.59 Å². The number of amides is 2. The van der Waals surface area contributed by atoms with Gasteiger partial charge < -0.3 is 19.8 Å².